The van der Waals surface area contributed by atoms with Gasteiger partial charge in [-0.3, -0.25) is 4.98 Å². The standard InChI is InChI=1S/C11H12BrN3/c1-3-8-9(4-2)15-11-7(12)5-13-6-10(11)14-8/h5-6H,3-4H2,1-2H3. The van der Waals surface area contributed by atoms with Crippen LogP contribution in [0.15, 0.2) is 16.9 Å². The van der Waals surface area contributed by atoms with Gasteiger partial charge in [0, 0.05) is 6.20 Å². The van der Waals surface area contributed by atoms with Gasteiger partial charge < -0.3 is 0 Å². The molecule has 0 bridgehead atoms. The molecule has 4 heteroatoms. The lowest BCUT2D eigenvalue weighted by Crippen LogP contribution is -2.00. The molecule has 15 heavy (non-hydrogen) atoms. The molecule has 0 atom stereocenters. The molecular weight excluding hydrogens is 254 g/mol. The highest BCUT2D eigenvalue weighted by Gasteiger charge is 2.07. The fourth-order valence-corrected chi connectivity index (χ4v) is 2.00. The summed E-state index contributed by atoms with van der Waals surface area (Å²) in [6.45, 7) is 4.20. The van der Waals surface area contributed by atoms with Crippen molar-refractivity contribution >= 4 is 27.0 Å². The molecule has 0 unspecified atom stereocenters. The summed E-state index contributed by atoms with van der Waals surface area (Å²) in [5, 5.41) is 0. The Hall–Kier alpha value is -1.03. The first-order valence-corrected chi connectivity index (χ1v) is 5.84. The van der Waals surface area contributed by atoms with Crippen LogP contribution in [0.25, 0.3) is 11.0 Å². The molecule has 0 aliphatic rings. The quantitative estimate of drug-likeness (QED) is 0.838. The number of nitrogens with zero attached hydrogens (tertiary/aromatic N) is 3. The maximum Gasteiger partial charge on any atom is 0.108 e. The highest BCUT2D eigenvalue weighted by molar-refractivity contribution is 9.10. The van der Waals surface area contributed by atoms with Crippen molar-refractivity contribution in [2.75, 3.05) is 0 Å². The van der Waals surface area contributed by atoms with E-state index in [1.54, 1.807) is 12.4 Å². The van der Waals surface area contributed by atoms with Crippen molar-refractivity contribution in [1.82, 2.24) is 15.0 Å². The fraction of sp³-hybridized carbons (Fsp3) is 0.364. The molecule has 0 N–H and O–H groups in total. The van der Waals surface area contributed by atoms with E-state index in [1.807, 2.05) is 0 Å². The number of halogens is 1. The predicted molar refractivity (Wildman–Crippen MR) is 63.8 cm³/mol. The smallest absolute Gasteiger partial charge is 0.108 e. The highest BCUT2D eigenvalue weighted by Crippen LogP contribution is 2.20. The molecule has 2 rings (SSSR count). The number of hydrogen-bond donors (Lipinski definition) is 0. The molecule has 0 fully saturated rings. The number of fused-ring (bicyclic) bond motifs is 1. The summed E-state index contributed by atoms with van der Waals surface area (Å²) in [7, 11) is 0. The lowest BCUT2D eigenvalue weighted by Gasteiger charge is -2.06. The number of rotatable bonds is 2. The van der Waals surface area contributed by atoms with E-state index in [4.69, 9.17) is 0 Å². The van der Waals surface area contributed by atoms with E-state index >= 15 is 0 Å². The summed E-state index contributed by atoms with van der Waals surface area (Å²) >= 11 is 3.44. The van der Waals surface area contributed by atoms with E-state index in [1.165, 1.54) is 0 Å². The van der Waals surface area contributed by atoms with E-state index in [9.17, 15) is 0 Å². The maximum absolute atomic E-state index is 4.61. The van der Waals surface area contributed by atoms with Crippen molar-refractivity contribution in [3.63, 3.8) is 0 Å². The number of aromatic nitrogens is 3. The summed E-state index contributed by atoms with van der Waals surface area (Å²) in [4.78, 5) is 13.3. The molecule has 0 aromatic carbocycles. The van der Waals surface area contributed by atoms with Crippen LogP contribution in [-0.4, -0.2) is 15.0 Å². The molecule has 2 aromatic heterocycles. The van der Waals surface area contributed by atoms with Crippen LogP contribution in [0.3, 0.4) is 0 Å². The van der Waals surface area contributed by atoms with Crippen molar-refractivity contribution in [2.24, 2.45) is 0 Å². The first-order valence-electron chi connectivity index (χ1n) is 5.05. The predicted octanol–water partition coefficient (Wildman–Crippen LogP) is 2.91. The van der Waals surface area contributed by atoms with E-state index in [0.717, 1.165) is 39.7 Å². The highest BCUT2D eigenvalue weighted by atomic mass is 79.9. The Labute approximate surface area is 97.1 Å². The van der Waals surface area contributed by atoms with Gasteiger partial charge in [-0.15, -0.1) is 0 Å². The minimum atomic E-state index is 0.860. The van der Waals surface area contributed by atoms with Gasteiger partial charge in [0.25, 0.3) is 0 Å². The molecule has 2 aromatic rings. The van der Waals surface area contributed by atoms with Gasteiger partial charge in [-0.1, -0.05) is 13.8 Å². The molecular formula is C11H12BrN3. The van der Waals surface area contributed by atoms with E-state index in [2.05, 4.69) is 44.7 Å². The molecule has 0 amide bonds. The third kappa shape index (κ3) is 1.86. The zero-order chi connectivity index (χ0) is 10.8. The monoisotopic (exact) mass is 265 g/mol. The topological polar surface area (TPSA) is 38.7 Å². The Morgan fingerprint density at radius 3 is 2.40 bits per heavy atom. The van der Waals surface area contributed by atoms with Gasteiger partial charge in [0.1, 0.15) is 11.0 Å². The minimum Gasteiger partial charge on any atom is -0.261 e. The first-order chi connectivity index (χ1) is 7.26. The first kappa shape index (κ1) is 10.5. The average Bonchev–Trinajstić information content (AvgIpc) is 2.28. The molecule has 0 aliphatic heterocycles. The van der Waals surface area contributed by atoms with Crippen LogP contribution in [0.4, 0.5) is 0 Å². The molecule has 0 spiro atoms. The van der Waals surface area contributed by atoms with E-state index in [0.29, 0.717) is 0 Å². The lowest BCUT2D eigenvalue weighted by molar-refractivity contribution is 0.927. The van der Waals surface area contributed by atoms with E-state index < -0.39 is 0 Å². The van der Waals surface area contributed by atoms with Crippen LogP contribution in [0.2, 0.25) is 0 Å². The largest absolute Gasteiger partial charge is 0.261 e. The Bertz CT molecular complexity index is 496. The van der Waals surface area contributed by atoms with Gasteiger partial charge in [-0.2, -0.15) is 0 Å². The summed E-state index contributed by atoms with van der Waals surface area (Å²) in [6, 6.07) is 0. The van der Waals surface area contributed by atoms with Gasteiger partial charge >= 0.3 is 0 Å². The molecule has 3 nitrogen and oxygen atoms in total. The molecule has 2 heterocycles. The molecule has 0 radical (unpaired) electrons. The second-order valence-corrected chi connectivity index (χ2v) is 4.17. The van der Waals surface area contributed by atoms with Crippen LogP contribution in [0, 0.1) is 0 Å². The molecule has 0 saturated carbocycles. The Morgan fingerprint density at radius 2 is 1.73 bits per heavy atom. The lowest BCUT2D eigenvalue weighted by atomic mass is 10.2. The molecule has 0 saturated heterocycles. The maximum atomic E-state index is 4.61. The van der Waals surface area contributed by atoms with Gasteiger partial charge in [-0.25, -0.2) is 9.97 Å². The van der Waals surface area contributed by atoms with Crippen LogP contribution in [-0.2, 0) is 12.8 Å². The van der Waals surface area contributed by atoms with E-state index in [-0.39, 0.29) is 0 Å². The Morgan fingerprint density at radius 1 is 1.07 bits per heavy atom. The van der Waals surface area contributed by atoms with Gasteiger partial charge in [-0.05, 0) is 28.8 Å². The van der Waals surface area contributed by atoms with Crippen molar-refractivity contribution in [2.45, 2.75) is 26.7 Å². The third-order valence-electron chi connectivity index (χ3n) is 2.36. The number of pyridine rings is 1. The van der Waals surface area contributed by atoms with Crippen molar-refractivity contribution in [3.05, 3.63) is 28.3 Å². The summed E-state index contributed by atoms with van der Waals surface area (Å²) in [5.74, 6) is 0. The van der Waals surface area contributed by atoms with Crippen LogP contribution in [0.1, 0.15) is 25.2 Å². The van der Waals surface area contributed by atoms with Gasteiger partial charge in [0.15, 0.2) is 0 Å². The Balaban J connectivity index is 2.75. The van der Waals surface area contributed by atoms with Crippen LogP contribution < -0.4 is 0 Å². The fourth-order valence-electron chi connectivity index (χ4n) is 1.59. The van der Waals surface area contributed by atoms with Crippen molar-refractivity contribution in [1.29, 1.82) is 0 Å². The summed E-state index contributed by atoms with van der Waals surface area (Å²) < 4.78 is 0.907. The van der Waals surface area contributed by atoms with Gasteiger partial charge in [0.2, 0.25) is 0 Å². The van der Waals surface area contributed by atoms with Gasteiger partial charge in [0.05, 0.1) is 22.1 Å². The van der Waals surface area contributed by atoms with Crippen LogP contribution >= 0.6 is 15.9 Å². The zero-order valence-corrected chi connectivity index (χ0v) is 10.4. The average molecular weight is 266 g/mol. The molecule has 78 valence electrons. The van der Waals surface area contributed by atoms with Crippen molar-refractivity contribution < 1.29 is 0 Å². The minimum absolute atomic E-state index is 0.860. The normalized spacial score (nSPS) is 10.9. The Kier molecular flexibility index (Phi) is 2.95. The SMILES string of the molecule is CCc1nc2cncc(Br)c2nc1CC. The summed E-state index contributed by atoms with van der Waals surface area (Å²) in [5.41, 5.74) is 3.92. The van der Waals surface area contributed by atoms with Crippen LogP contribution in [0.5, 0.6) is 0 Å². The second-order valence-electron chi connectivity index (χ2n) is 3.31. The molecule has 0 aliphatic carbocycles. The number of hydrogen-bond acceptors (Lipinski definition) is 3. The third-order valence-corrected chi connectivity index (χ3v) is 2.94. The summed E-state index contributed by atoms with van der Waals surface area (Å²) in [6.07, 6.45) is 5.34. The number of aryl methyl sites for hydroxylation is 2. The van der Waals surface area contributed by atoms with Crippen molar-refractivity contribution in [3.8, 4) is 0 Å². The second kappa shape index (κ2) is 4.23. The zero-order valence-electron chi connectivity index (χ0n) is 8.79.